The molecule has 0 N–H and O–H groups in total. The maximum atomic E-state index is 12.9. The van der Waals surface area contributed by atoms with E-state index in [9.17, 15) is 9.59 Å². The van der Waals surface area contributed by atoms with Crippen molar-refractivity contribution in [2.75, 3.05) is 27.9 Å². The Morgan fingerprint density at radius 3 is 2.35 bits per heavy atom. The van der Waals surface area contributed by atoms with Crippen molar-refractivity contribution in [3.8, 4) is 17.2 Å². The average molecular weight is 425 g/mol. The zero-order valence-electron chi connectivity index (χ0n) is 18.0. The predicted molar refractivity (Wildman–Crippen MR) is 116 cm³/mol. The molecule has 7 heteroatoms. The second kappa shape index (κ2) is 10.5. The largest absolute Gasteiger partial charge is 0.497 e. The number of carbonyl (C=O) groups is 2. The van der Waals surface area contributed by atoms with Crippen molar-refractivity contribution < 1.29 is 28.5 Å². The smallest absolute Gasteiger partial charge is 0.330 e. The van der Waals surface area contributed by atoms with Gasteiger partial charge >= 0.3 is 5.97 Å². The van der Waals surface area contributed by atoms with E-state index in [0.717, 1.165) is 29.7 Å². The van der Waals surface area contributed by atoms with Crippen LogP contribution in [-0.4, -0.2) is 50.8 Å². The topological polar surface area (TPSA) is 74.3 Å². The van der Waals surface area contributed by atoms with Crippen molar-refractivity contribution in [3.63, 3.8) is 0 Å². The molecule has 0 aromatic heterocycles. The molecule has 0 bridgehead atoms. The maximum absolute atomic E-state index is 12.9. The number of hydrogen-bond acceptors (Lipinski definition) is 6. The summed E-state index contributed by atoms with van der Waals surface area (Å²) in [7, 11) is 4.47. The molecule has 0 aliphatic heterocycles. The Kier molecular flexibility index (Phi) is 7.54. The van der Waals surface area contributed by atoms with Crippen LogP contribution in [0, 0.1) is 0 Å². The lowest BCUT2D eigenvalue weighted by atomic mass is 10.2. The Morgan fingerprint density at radius 1 is 1.00 bits per heavy atom. The molecule has 1 fully saturated rings. The minimum atomic E-state index is -0.443. The molecule has 1 amide bonds. The molecule has 2 aromatic carbocycles. The summed E-state index contributed by atoms with van der Waals surface area (Å²) in [5.74, 6) is 1.21. The van der Waals surface area contributed by atoms with Crippen LogP contribution in [-0.2, 0) is 20.9 Å². The van der Waals surface area contributed by atoms with Crippen LogP contribution in [0.1, 0.15) is 24.0 Å². The summed E-state index contributed by atoms with van der Waals surface area (Å²) in [6.07, 6.45) is 4.96. The molecular weight excluding hydrogens is 398 g/mol. The van der Waals surface area contributed by atoms with Gasteiger partial charge in [-0.15, -0.1) is 0 Å². The Morgan fingerprint density at radius 2 is 1.74 bits per heavy atom. The third-order valence-corrected chi connectivity index (χ3v) is 4.97. The minimum Gasteiger partial charge on any atom is -0.497 e. The van der Waals surface area contributed by atoms with Gasteiger partial charge in [0.15, 0.2) is 18.1 Å². The van der Waals surface area contributed by atoms with Crippen LogP contribution in [0.15, 0.2) is 48.5 Å². The number of nitrogens with zero attached hydrogens (tertiary/aromatic N) is 1. The van der Waals surface area contributed by atoms with Crippen molar-refractivity contribution in [2.45, 2.75) is 25.4 Å². The third-order valence-electron chi connectivity index (χ3n) is 4.97. The molecule has 2 aromatic rings. The van der Waals surface area contributed by atoms with E-state index in [1.165, 1.54) is 20.3 Å². The van der Waals surface area contributed by atoms with E-state index < -0.39 is 5.97 Å². The first-order valence-electron chi connectivity index (χ1n) is 10.0. The lowest BCUT2D eigenvalue weighted by Crippen LogP contribution is -2.36. The van der Waals surface area contributed by atoms with Gasteiger partial charge < -0.3 is 23.8 Å². The molecule has 31 heavy (non-hydrogen) atoms. The molecule has 0 spiro atoms. The Balaban J connectivity index is 1.63. The summed E-state index contributed by atoms with van der Waals surface area (Å²) in [6, 6.07) is 13.2. The van der Waals surface area contributed by atoms with Gasteiger partial charge in [0.05, 0.1) is 21.3 Å². The fourth-order valence-electron chi connectivity index (χ4n) is 3.10. The SMILES string of the molecule is COC(=O)/C=C/c1ccc(OCC(=O)N(Cc2ccc(OC)cc2)C2CC2)c(OC)c1. The molecule has 0 saturated heterocycles. The van der Waals surface area contributed by atoms with E-state index in [-0.39, 0.29) is 18.6 Å². The standard InChI is InChI=1S/C24H27NO6/c1-28-20-10-4-18(5-11-20)15-25(19-8-9-19)23(26)16-31-21-12-6-17(14-22(21)29-2)7-13-24(27)30-3/h4-7,10-14,19H,8-9,15-16H2,1-3H3/b13-7+. The predicted octanol–water partition coefficient (Wildman–Crippen LogP) is 3.46. The van der Waals surface area contributed by atoms with Gasteiger partial charge in [0, 0.05) is 18.7 Å². The van der Waals surface area contributed by atoms with Crippen molar-refractivity contribution in [1.29, 1.82) is 0 Å². The van der Waals surface area contributed by atoms with Crippen LogP contribution in [0.2, 0.25) is 0 Å². The first-order valence-corrected chi connectivity index (χ1v) is 10.0. The van der Waals surface area contributed by atoms with E-state index in [2.05, 4.69) is 4.74 Å². The molecule has 1 aliphatic rings. The summed E-state index contributed by atoms with van der Waals surface area (Å²) in [4.78, 5) is 26.0. The number of rotatable bonds is 10. The van der Waals surface area contributed by atoms with Gasteiger partial charge in [-0.05, 0) is 54.3 Å². The third kappa shape index (κ3) is 6.25. The number of hydrogen-bond donors (Lipinski definition) is 0. The van der Waals surface area contributed by atoms with Gasteiger partial charge in [-0.3, -0.25) is 4.79 Å². The molecule has 0 unspecified atom stereocenters. The minimum absolute atomic E-state index is 0.0740. The second-order valence-corrected chi connectivity index (χ2v) is 7.16. The normalized spacial score (nSPS) is 13.0. The zero-order chi connectivity index (χ0) is 22.2. The van der Waals surface area contributed by atoms with Crippen LogP contribution in [0.25, 0.3) is 6.08 Å². The zero-order valence-corrected chi connectivity index (χ0v) is 18.0. The summed E-state index contributed by atoms with van der Waals surface area (Å²) < 4.78 is 20.9. The number of benzene rings is 2. The summed E-state index contributed by atoms with van der Waals surface area (Å²) in [5.41, 5.74) is 1.79. The van der Waals surface area contributed by atoms with E-state index in [1.54, 1.807) is 31.4 Å². The molecule has 0 heterocycles. The van der Waals surface area contributed by atoms with Crippen LogP contribution in [0.4, 0.5) is 0 Å². The maximum Gasteiger partial charge on any atom is 0.330 e. The quantitative estimate of drug-likeness (QED) is 0.429. The van der Waals surface area contributed by atoms with Crippen molar-refractivity contribution >= 4 is 18.0 Å². The molecule has 164 valence electrons. The summed E-state index contributed by atoms with van der Waals surface area (Å²) in [6.45, 7) is 0.450. The van der Waals surface area contributed by atoms with Gasteiger partial charge in [-0.2, -0.15) is 0 Å². The van der Waals surface area contributed by atoms with E-state index >= 15 is 0 Å². The van der Waals surface area contributed by atoms with Gasteiger partial charge in [-0.25, -0.2) is 4.79 Å². The highest BCUT2D eigenvalue weighted by molar-refractivity contribution is 5.87. The van der Waals surface area contributed by atoms with Crippen LogP contribution < -0.4 is 14.2 Å². The van der Waals surface area contributed by atoms with Crippen LogP contribution in [0.3, 0.4) is 0 Å². The van der Waals surface area contributed by atoms with Gasteiger partial charge in [0.25, 0.3) is 5.91 Å². The van der Waals surface area contributed by atoms with Crippen LogP contribution in [0.5, 0.6) is 17.2 Å². The molecule has 0 atom stereocenters. The lowest BCUT2D eigenvalue weighted by Gasteiger charge is -2.23. The number of ether oxygens (including phenoxy) is 4. The number of carbonyl (C=O) groups excluding carboxylic acids is 2. The van der Waals surface area contributed by atoms with Crippen LogP contribution >= 0.6 is 0 Å². The molecule has 0 radical (unpaired) electrons. The Bertz CT molecular complexity index is 934. The van der Waals surface area contributed by atoms with E-state index in [4.69, 9.17) is 14.2 Å². The highest BCUT2D eigenvalue weighted by Crippen LogP contribution is 2.31. The number of methoxy groups -OCH3 is 3. The van der Waals surface area contributed by atoms with Gasteiger partial charge in [0.2, 0.25) is 0 Å². The molecular formula is C24H27NO6. The van der Waals surface area contributed by atoms with E-state index in [1.807, 2.05) is 29.2 Å². The monoisotopic (exact) mass is 425 g/mol. The van der Waals surface area contributed by atoms with Crippen molar-refractivity contribution in [3.05, 3.63) is 59.7 Å². The second-order valence-electron chi connectivity index (χ2n) is 7.16. The first-order chi connectivity index (χ1) is 15.0. The molecule has 1 saturated carbocycles. The van der Waals surface area contributed by atoms with Gasteiger partial charge in [-0.1, -0.05) is 18.2 Å². The fraction of sp³-hybridized carbons (Fsp3) is 0.333. The molecule has 1 aliphatic carbocycles. The number of esters is 1. The fourth-order valence-corrected chi connectivity index (χ4v) is 3.10. The lowest BCUT2D eigenvalue weighted by molar-refractivity contribution is -0.135. The highest BCUT2D eigenvalue weighted by atomic mass is 16.5. The Labute approximate surface area is 182 Å². The first kappa shape index (κ1) is 22.2. The molecule has 3 rings (SSSR count). The Hall–Kier alpha value is -3.48. The highest BCUT2D eigenvalue weighted by Gasteiger charge is 2.32. The van der Waals surface area contributed by atoms with Crippen molar-refractivity contribution in [1.82, 2.24) is 4.90 Å². The summed E-state index contributed by atoms with van der Waals surface area (Å²) in [5, 5.41) is 0. The summed E-state index contributed by atoms with van der Waals surface area (Å²) >= 11 is 0. The average Bonchev–Trinajstić information content (AvgIpc) is 3.65. The van der Waals surface area contributed by atoms with Crippen molar-refractivity contribution in [2.24, 2.45) is 0 Å². The molecule has 7 nitrogen and oxygen atoms in total. The number of amides is 1. The van der Waals surface area contributed by atoms with Gasteiger partial charge in [0.1, 0.15) is 5.75 Å². The van der Waals surface area contributed by atoms with E-state index in [0.29, 0.717) is 18.0 Å².